The molecule has 0 amide bonds. The fourth-order valence-electron chi connectivity index (χ4n) is 2.57. The lowest BCUT2D eigenvalue weighted by atomic mass is 9.90. The van der Waals surface area contributed by atoms with E-state index in [1.807, 2.05) is 6.20 Å². The Hall–Kier alpha value is -0.870. The smallest absolute Gasteiger partial charge is 0.0922 e. The Morgan fingerprint density at radius 3 is 2.75 bits per heavy atom. The number of aromatic amines is 1. The zero-order chi connectivity index (χ0) is 11.4. The first-order valence-electron chi connectivity index (χ1n) is 6.14. The molecule has 90 valence electrons. The molecule has 0 aromatic carbocycles. The van der Waals surface area contributed by atoms with Crippen LogP contribution in [0.15, 0.2) is 12.5 Å². The molecule has 0 bridgehead atoms. The van der Waals surface area contributed by atoms with E-state index in [2.05, 4.69) is 34.3 Å². The molecule has 1 aromatic heterocycles. The van der Waals surface area contributed by atoms with Crippen molar-refractivity contribution in [3.63, 3.8) is 0 Å². The van der Waals surface area contributed by atoms with Crippen LogP contribution in [-0.4, -0.2) is 41.0 Å². The predicted molar refractivity (Wildman–Crippen MR) is 65.2 cm³/mol. The van der Waals surface area contributed by atoms with Crippen LogP contribution >= 0.6 is 0 Å². The Labute approximate surface area is 97.4 Å². The van der Waals surface area contributed by atoms with Gasteiger partial charge >= 0.3 is 0 Å². The number of nitrogens with zero attached hydrogens (tertiary/aromatic N) is 2. The van der Waals surface area contributed by atoms with Gasteiger partial charge in [0.05, 0.1) is 6.33 Å². The van der Waals surface area contributed by atoms with E-state index in [1.54, 1.807) is 6.33 Å². The lowest BCUT2D eigenvalue weighted by Gasteiger charge is -2.34. The molecule has 1 aliphatic carbocycles. The van der Waals surface area contributed by atoms with Gasteiger partial charge < -0.3 is 10.3 Å². The Morgan fingerprint density at radius 1 is 1.44 bits per heavy atom. The molecule has 2 rings (SSSR count). The predicted octanol–water partition coefficient (Wildman–Crippen LogP) is 1.37. The minimum atomic E-state index is 0.730. The molecule has 0 spiro atoms. The number of hydrogen-bond acceptors (Lipinski definition) is 3. The van der Waals surface area contributed by atoms with Crippen molar-refractivity contribution in [3.05, 3.63) is 18.2 Å². The van der Waals surface area contributed by atoms with Gasteiger partial charge in [0.1, 0.15) is 0 Å². The molecule has 4 heteroatoms. The number of hydrogen-bond donors (Lipinski definition) is 2. The van der Waals surface area contributed by atoms with Crippen LogP contribution in [-0.2, 0) is 6.54 Å². The van der Waals surface area contributed by atoms with Crippen LogP contribution in [0.3, 0.4) is 0 Å². The van der Waals surface area contributed by atoms with E-state index in [1.165, 1.54) is 31.4 Å². The second kappa shape index (κ2) is 5.46. The van der Waals surface area contributed by atoms with Gasteiger partial charge in [-0.05, 0) is 39.8 Å². The van der Waals surface area contributed by atoms with Crippen molar-refractivity contribution < 1.29 is 0 Å². The van der Waals surface area contributed by atoms with Gasteiger partial charge in [0.2, 0.25) is 0 Å². The Balaban J connectivity index is 1.80. The van der Waals surface area contributed by atoms with Crippen LogP contribution in [0.25, 0.3) is 0 Å². The van der Waals surface area contributed by atoms with E-state index in [9.17, 15) is 0 Å². The molecule has 1 saturated carbocycles. The molecule has 4 nitrogen and oxygen atoms in total. The summed E-state index contributed by atoms with van der Waals surface area (Å²) >= 11 is 0. The van der Waals surface area contributed by atoms with Crippen molar-refractivity contribution in [3.8, 4) is 0 Å². The third-order valence-corrected chi connectivity index (χ3v) is 3.70. The van der Waals surface area contributed by atoms with E-state index in [0.29, 0.717) is 0 Å². The minimum absolute atomic E-state index is 0.730. The third kappa shape index (κ3) is 2.83. The lowest BCUT2D eigenvalue weighted by molar-refractivity contribution is 0.168. The average Bonchev–Trinajstić information content (AvgIpc) is 2.82. The first-order valence-corrected chi connectivity index (χ1v) is 6.14. The highest BCUT2D eigenvalue weighted by molar-refractivity contribution is 4.94. The Kier molecular flexibility index (Phi) is 3.96. The number of H-pyrrole nitrogens is 1. The summed E-state index contributed by atoms with van der Waals surface area (Å²) in [5.74, 6) is 0. The van der Waals surface area contributed by atoms with Gasteiger partial charge in [-0.1, -0.05) is 0 Å². The standard InChI is InChI=1S/C12H22N4/c1-13-10-3-5-12(6-4-10)16(2)8-11-7-14-9-15-11/h7,9-10,12-13H,3-6,8H2,1-2H3,(H,14,15). The van der Waals surface area contributed by atoms with E-state index in [0.717, 1.165) is 18.6 Å². The van der Waals surface area contributed by atoms with Crippen LogP contribution in [0, 0.1) is 0 Å². The van der Waals surface area contributed by atoms with Crippen molar-refractivity contribution in [1.82, 2.24) is 20.2 Å². The van der Waals surface area contributed by atoms with Crippen LogP contribution < -0.4 is 5.32 Å². The van der Waals surface area contributed by atoms with Gasteiger partial charge in [0.25, 0.3) is 0 Å². The molecule has 0 atom stereocenters. The molecular formula is C12H22N4. The number of rotatable bonds is 4. The third-order valence-electron chi connectivity index (χ3n) is 3.70. The molecule has 0 aliphatic heterocycles. The maximum absolute atomic E-state index is 4.05. The lowest BCUT2D eigenvalue weighted by Crippen LogP contribution is -2.39. The van der Waals surface area contributed by atoms with Gasteiger partial charge in [0, 0.05) is 30.5 Å². The maximum atomic E-state index is 4.05. The number of nitrogens with one attached hydrogen (secondary N) is 2. The number of aromatic nitrogens is 2. The fraction of sp³-hybridized carbons (Fsp3) is 0.750. The van der Waals surface area contributed by atoms with Gasteiger partial charge in [-0.3, -0.25) is 4.90 Å². The molecule has 2 N–H and O–H groups in total. The van der Waals surface area contributed by atoms with Crippen molar-refractivity contribution in [2.75, 3.05) is 14.1 Å². The molecule has 16 heavy (non-hydrogen) atoms. The van der Waals surface area contributed by atoms with Crippen molar-refractivity contribution in [2.45, 2.75) is 44.3 Å². The molecule has 1 aromatic rings. The van der Waals surface area contributed by atoms with Crippen LogP contribution in [0.1, 0.15) is 31.4 Å². The first kappa shape index (κ1) is 11.6. The maximum Gasteiger partial charge on any atom is 0.0922 e. The summed E-state index contributed by atoms with van der Waals surface area (Å²) in [7, 11) is 4.28. The van der Waals surface area contributed by atoms with E-state index >= 15 is 0 Å². The highest BCUT2D eigenvalue weighted by atomic mass is 15.1. The molecule has 1 fully saturated rings. The van der Waals surface area contributed by atoms with Gasteiger partial charge in [-0.25, -0.2) is 4.98 Å². The number of imidazole rings is 1. The Morgan fingerprint density at radius 2 is 2.19 bits per heavy atom. The van der Waals surface area contributed by atoms with Crippen molar-refractivity contribution in [2.24, 2.45) is 0 Å². The topological polar surface area (TPSA) is 44.0 Å². The monoisotopic (exact) mass is 222 g/mol. The molecule has 1 heterocycles. The van der Waals surface area contributed by atoms with E-state index in [-0.39, 0.29) is 0 Å². The minimum Gasteiger partial charge on any atom is -0.347 e. The van der Waals surface area contributed by atoms with Gasteiger partial charge in [0.15, 0.2) is 0 Å². The highest BCUT2D eigenvalue weighted by Gasteiger charge is 2.23. The van der Waals surface area contributed by atoms with Crippen LogP contribution in [0.2, 0.25) is 0 Å². The fourth-order valence-corrected chi connectivity index (χ4v) is 2.57. The van der Waals surface area contributed by atoms with E-state index < -0.39 is 0 Å². The molecular weight excluding hydrogens is 200 g/mol. The zero-order valence-electron chi connectivity index (χ0n) is 10.2. The molecule has 1 aliphatic rings. The zero-order valence-corrected chi connectivity index (χ0v) is 10.2. The summed E-state index contributed by atoms with van der Waals surface area (Å²) in [4.78, 5) is 9.66. The summed E-state index contributed by atoms with van der Waals surface area (Å²) in [5, 5.41) is 3.37. The molecule has 0 saturated heterocycles. The van der Waals surface area contributed by atoms with Gasteiger partial charge in [-0.15, -0.1) is 0 Å². The average molecular weight is 222 g/mol. The summed E-state index contributed by atoms with van der Waals surface area (Å²) < 4.78 is 0. The Bertz CT molecular complexity index is 288. The molecule has 0 unspecified atom stereocenters. The van der Waals surface area contributed by atoms with Gasteiger partial charge in [-0.2, -0.15) is 0 Å². The summed E-state index contributed by atoms with van der Waals surface area (Å²) in [6, 6.07) is 1.46. The summed E-state index contributed by atoms with van der Waals surface area (Å²) in [6.07, 6.45) is 8.87. The van der Waals surface area contributed by atoms with Crippen molar-refractivity contribution >= 4 is 0 Å². The second-order valence-electron chi connectivity index (χ2n) is 4.79. The van der Waals surface area contributed by atoms with Crippen molar-refractivity contribution in [1.29, 1.82) is 0 Å². The van der Waals surface area contributed by atoms with Crippen LogP contribution in [0.5, 0.6) is 0 Å². The first-order chi connectivity index (χ1) is 7.79. The highest BCUT2D eigenvalue weighted by Crippen LogP contribution is 2.22. The summed E-state index contributed by atoms with van der Waals surface area (Å²) in [6.45, 7) is 0.981. The largest absolute Gasteiger partial charge is 0.347 e. The van der Waals surface area contributed by atoms with Crippen LogP contribution in [0.4, 0.5) is 0 Å². The normalized spacial score (nSPS) is 26.2. The SMILES string of the molecule is CNC1CCC(N(C)Cc2cnc[nH]2)CC1. The summed E-state index contributed by atoms with van der Waals surface area (Å²) in [5.41, 5.74) is 1.21. The molecule has 0 radical (unpaired) electrons. The second-order valence-corrected chi connectivity index (χ2v) is 4.79. The van der Waals surface area contributed by atoms with E-state index in [4.69, 9.17) is 0 Å². The quantitative estimate of drug-likeness (QED) is 0.808.